The van der Waals surface area contributed by atoms with Crippen LogP contribution in [0.3, 0.4) is 0 Å². The lowest BCUT2D eigenvalue weighted by Crippen LogP contribution is -2.42. The molecule has 0 saturated heterocycles. The maximum absolute atomic E-state index is 12.6. The van der Waals surface area contributed by atoms with E-state index in [0.29, 0.717) is 0 Å². The molecule has 2 aromatic rings. The van der Waals surface area contributed by atoms with Gasteiger partial charge in [0, 0.05) is 6.92 Å². The minimum absolute atomic E-state index is 0.0707. The Morgan fingerprint density at radius 3 is 2.33 bits per heavy atom. The van der Waals surface area contributed by atoms with Crippen molar-refractivity contribution < 1.29 is 62.7 Å². The molecule has 3 atom stereocenters. The summed E-state index contributed by atoms with van der Waals surface area (Å²) < 4.78 is 25.3. The van der Waals surface area contributed by atoms with Gasteiger partial charge in [-0.2, -0.15) is 0 Å². The smallest absolute Gasteiger partial charge is 0.344 e. The van der Waals surface area contributed by atoms with Gasteiger partial charge < -0.3 is 44.2 Å². The summed E-state index contributed by atoms with van der Waals surface area (Å²) >= 11 is 0. The van der Waals surface area contributed by atoms with Crippen molar-refractivity contribution in [2.75, 3.05) is 20.0 Å². The van der Waals surface area contributed by atoms with Crippen LogP contribution in [0.4, 0.5) is 0 Å². The molecule has 0 amide bonds. The Balaban J connectivity index is 2.17. The quantitative estimate of drug-likeness (QED) is 0.0681. The summed E-state index contributed by atoms with van der Waals surface area (Å²) in [4.78, 5) is 77.9. The van der Waals surface area contributed by atoms with Crippen LogP contribution in [0.5, 0.6) is 17.2 Å². The fourth-order valence-corrected chi connectivity index (χ4v) is 2.91. The molecule has 2 aromatic carbocycles. The summed E-state index contributed by atoms with van der Waals surface area (Å²) in [5.74, 6) is -4.57. The summed E-state index contributed by atoms with van der Waals surface area (Å²) in [6, 6.07) is 7.44. The van der Waals surface area contributed by atoms with E-state index in [0.717, 1.165) is 25.1 Å². The van der Waals surface area contributed by atoms with Gasteiger partial charge >= 0.3 is 23.9 Å². The van der Waals surface area contributed by atoms with E-state index in [4.69, 9.17) is 29.4 Å². The van der Waals surface area contributed by atoms with Crippen LogP contribution < -0.4 is 19.9 Å². The monoisotopic (exact) mass is 595 g/mol. The Bertz CT molecular complexity index is 1300. The summed E-state index contributed by atoms with van der Waals surface area (Å²) in [6.45, 7) is 0.224. The van der Waals surface area contributed by atoms with Gasteiger partial charge in [-0.25, -0.2) is 14.4 Å². The van der Waals surface area contributed by atoms with Gasteiger partial charge in [0.2, 0.25) is 6.79 Å². The zero-order valence-corrected chi connectivity index (χ0v) is 22.0. The molecule has 3 unspecified atom stereocenters. The predicted octanol–water partition coefficient (Wildman–Crippen LogP) is 0.850. The molecule has 0 aliphatic carbocycles. The second-order valence-corrected chi connectivity index (χ2v) is 8.05. The van der Waals surface area contributed by atoms with E-state index < -0.39 is 73.0 Å². The molecule has 2 rings (SSSR count). The number of carbonyl (C=O) groups is 4. The number of benzene rings is 2. The Kier molecular flexibility index (Phi) is 12.5. The zero-order valence-electron chi connectivity index (χ0n) is 22.0. The van der Waals surface area contributed by atoms with Gasteiger partial charge in [0.05, 0.1) is 11.7 Å². The van der Waals surface area contributed by atoms with Crippen LogP contribution in [0.2, 0.25) is 0 Å². The highest BCUT2D eigenvalue weighted by molar-refractivity contribution is 5.94. The van der Waals surface area contributed by atoms with E-state index in [1.54, 1.807) is 0 Å². The molecule has 226 valence electrons. The van der Waals surface area contributed by atoms with Crippen LogP contribution in [0.15, 0.2) is 47.8 Å². The molecule has 18 nitrogen and oxygen atoms in total. The summed E-state index contributed by atoms with van der Waals surface area (Å²) in [6.07, 6.45) is -2.76. The molecule has 0 bridgehead atoms. The number of hydrogen-bond acceptors (Lipinski definition) is 17. The molecular formula is C24H25N3O15. The number of nitrogens with zero attached hydrogens (tertiary/aromatic N) is 2. The lowest BCUT2D eigenvalue weighted by Gasteiger charge is -2.18. The normalized spacial score (nSPS) is 12.5. The van der Waals surface area contributed by atoms with Crippen molar-refractivity contribution in [2.24, 2.45) is 11.1 Å². The first-order valence-electron chi connectivity index (χ1n) is 11.7. The number of aliphatic hydroxyl groups excluding tert-OH is 1. The molecule has 0 aromatic heterocycles. The third-order valence-corrected chi connectivity index (χ3v) is 4.90. The average molecular weight is 595 g/mol. The molecular weight excluding hydrogens is 570 g/mol. The largest absolute Gasteiger partial charge is 0.487 e. The van der Waals surface area contributed by atoms with Crippen LogP contribution in [0.1, 0.15) is 34.6 Å². The second kappa shape index (κ2) is 16.0. The first kappa shape index (κ1) is 32.8. The SMILES string of the molecule is CC(=O)Oc1ccccc1C(=O)OCOC(=O)c1ccc(OCC(CON=O)O[N+](=O)[O-])c(OC(=O)C(N)C(C)O)c1. The number of hydrogen-bond donors (Lipinski definition) is 2. The Morgan fingerprint density at radius 2 is 1.69 bits per heavy atom. The fourth-order valence-electron chi connectivity index (χ4n) is 2.91. The van der Waals surface area contributed by atoms with Crippen molar-refractivity contribution in [3.8, 4) is 17.2 Å². The van der Waals surface area contributed by atoms with E-state index in [1.165, 1.54) is 31.2 Å². The first-order chi connectivity index (χ1) is 19.9. The van der Waals surface area contributed by atoms with Crippen LogP contribution >= 0.6 is 0 Å². The van der Waals surface area contributed by atoms with Crippen molar-refractivity contribution in [3.05, 3.63) is 68.6 Å². The highest BCUT2D eigenvalue weighted by Crippen LogP contribution is 2.30. The van der Waals surface area contributed by atoms with Crippen LogP contribution in [-0.4, -0.2) is 72.3 Å². The molecule has 0 aliphatic heterocycles. The number of nitrogens with two attached hydrogens (primary N) is 1. The van der Waals surface area contributed by atoms with Gasteiger partial charge in [-0.1, -0.05) is 12.1 Å². The van der Waals surface area contributed by atoms with Gasteiger partial charge in [-0.15, -0.1) is 15.0 Å². The molecule has 0 radical (unpaired) electrons. The number of para-hydroxylation sites is 1. The topological polar surface area (TPSA) is 252 Å². The lowest BCUT2D eigenvalue weighted by molar-refractivity contribution is -0.769. The first-order valence-corrected chi connectivity index (χ1v) is 11.7. The van der Waals surface area contributed by atoms with Gasteiger partial charge in [-0.05, 0) is 37.3 Å². The summed E-state index contributed by atoms with van der Waals surface area (Å²) in [7, 11) is 0. The van der Waals surface area contributed by atoms with Gasteiger partial charge in [-0.3, -0.25) is 4.79 Å². The van der Waals surface area contributed by atoms with Crippen molar-refractivity contribution in [3.63, 3.8) is 0 Å². The van der Waals surface area contributed by atoms with E-state index in [1.807, 2.05) is 0 Å². The third kappa shape index (κ3) is 10.3. The summed E-state index contributed by atoms with van der Waals surface area (Å²) in [5, 5.41) is 21.2. The van der Waals surface area contributed by atoms with Crippen LogP contribution in [0, 0.1) is 15.0 Å². The molecule has 18 heteroatoms. The van der Waals surface area contributed by atoms with Gasteiger partial charge in [0.15, 0.2) is 22.9 Å². The number of esters is 4. The van der Waals surface area contributed by atoms with Crippen molar-refractivity contribution in [1.29, 1.82) is 0 Å². The number of aliphatic hydroxyl groups is 1. The summed E-state index contributed by atoms with van der Waals surface area (Å²) in [5.41, 5.74) is 5.24. The molecule has 3 N–H and O–H groups in total. The van der Waals surface area contributed by atoms with E-state index >= 15 is 0 Å². The van der Waals surface area contributed by atoms with E-state index in [2.05, 4.69) is 15.0 Å². The van der Waals surface area contributed by atoms with Crippen LogP contribution in [-0.2, 0) is 28.7 Å². The maximum Gasteiger partial charge on any atom is 0.344 e. The molecule has 0 aliphatic rings. The third-order valence-electron chi connectivity index (χ3n) is 4.90. The number of carbonyl (C=O) groups excluding carboxylic acids is 4. The Hall–Kier alpha value is -5.36. The molecule has 0 spiro atoms. The predicted molar refractivity (Wildman–Crippen MR) is 134 cm³/mol. The Morgan fingerprint density at radius 1 is 1.00 bits per heavy atom. The van der Waals surface area contributed by atoms with Crippen molar-refractivity contribution in [1.82, 2.24) is 0 Å². The second-order valence-electron chi connectivity index (χ2n) is 8.05. The van der Waals surface area contributed by atoms with Crippen molar-refractivity contribution >= 4 is 23.9 Å². The number of rotatable bonds is 16. The van der Waals surface area contributed by atoms with Gasteiger partial charge in [0.1, 0.15) is 30.6 Å². The van der Waals surface area contributed by atoms with E-state index in [-0.39, 0.29) is 22.6 Å². The fraction of sp³-hybridized carbons (Fsp3) is 0.333. The van der Waals surface area contributed by atoms with Crippen molar-refractivity contribution in [2.45, 2.75) is 32.1 Å². The van der Waals surface area contributed by atoms with Crippen LogP contribution in [0.25, 0.3) is 0 Å². The minimum Gasteiger partial charge on any atom is -0.487 e. The van der Waals surface area contributed by atoms with Gasteiger partial charge in [0.25, 0.3) is 5.09 Å². The highest BCUT2D eigenvalue weighted by Gasteiger charge is 2.25. The molecule has 42 heavy (non-hydrogen) atoms. The minimum atomic E-state index is -1.50. The molecule has 0 fully saturated rings. The highest BCUT2D eigenvalue weighted by atomic mass is 17.0. The van der Waals surface area contributed by atoms with E-state index in [9.17, 15) is 39.3 Å². The average Bonchev–Trinajstić information content (AvgIpc) is 2.93. The lowest BCUT2D eigenvalue weighted by atomic mass is 10.2. The standard InChI is InChI=1S/C24H25N3O15/c1-13(28)21(25)24(32)41-20-9-15(7-8-19(20)36-10-16(11-39-26-33)42-27(34)35)22(30)37-12-38-23(31)17-5-3-4-6-18(17)40-14(2)29/h3-9,13,16,21,28H,10-12,25H2,1-2H3. The Labute approximate surface area is 236 Å². The zero-order chi connectivity index (χ0) is 31.2. The molecule has 0 saturated carbocycles. The molecule has 0 heterocycles. The number of ether oxygens (including phenoxy) is 5. The maximum atomic E-state index is 12.6.